The van der Waals surface area contributed by atoms with Crippen molar-refractivity contribution in [2.45, 2.75) is 34.6 Å². The first-order valence-electron chi connectivity index (χ1n) is 9.43. The van der Waals surface area contributed by atoms with Crippen LogP contribution in [0.2, 0.25) is 0 Å². The number of rotatable bonds is 5. The highest BCUT2D eigenvalue weighted by molar-refractivity contribution is 6.03. The number of para-hydroxylation sites is 1. The molecule has 2 aromatic carbocycles. The molecule has 0 unspecified atom stereocenters. The molecule has 0 atom stereocenters. The molecule has 0 aliphatic carbocycles. The Bertz CT molecular complexity index is 1020. The van der Waals surface area contributed by atoms with Gasteiger partial charge in [0.25, 0.3) is 0 Å². The summed E-state index contributed by atoms with van der Waals surface area (Å²) in [6.45, 7) is 10.3. The molecule has 0 radical (unpaired) electrons. The fraction of sp³-hybridized carbons (Fsp3) is 0.250. The molecule has 3 aromatic rings. The summed E-state index contributed by atoms with van der Waals surface area (Å²) in [5.74, 6) is 0.722. The maximum absolute atomic E-state index is 5.53. The lowest BCUT2D eigenvalue weighted by molar-refractivity contribution is 0.341. The second-order valence-electron chi connectivity index (χ2n) is 7.19. The maximum Gasteiger partial charge on any atom is 0.157 e. The smallest absolute Gasteiger partial charge is 0.157 e. The molecule has 0 amide bonds. The van der Waals surface area contributed by atoms with Crippen LogP contribution < -0.4 is 4.84 Å². The van der Waals surface area contributed by atoms with Crippen molar-refractivity contribution in [2.75, 3.05) is 0 Å². The van der Waals surface area contributed by atoms with Crippen molar-refractivity contribution in [1.82, 2.24) is 4.57 Å². The van der Waals surface area contributed by atoms with Crippen LogP contribution in [0.4, 0.5) is 5.69 Å². The Morgan fingerprint density at radius 3 is 2.00 bits per heavy atom. The first-order chi connectivity index (χ1) is 13.4. The molecule has 1 heterocycles. The van der Waals surface area contributed by atoms with Crippen LogP contribution in [-0.4, -0.2) is 16.0 Å². The number of hydrogen-bond donors (Lipinski definition) is 0. The lowest BCUT2D eigenvalue weighted by Gasteiger charge is -2.10. The van der Waals surface area contributed by atoms with Crippen molar-refractivity contribution in [3.05, 3.63) is 82.7 Å². The maximum atomic E-state index is 5.53. The van der Waals surface area contributed by atoms with E-state index in [2.05, 4.69) is 54.8 Å². The number of nitrogens with zero attached hydrogens (tertiary/aromatic N) is 3. The normalized spacial score (nSPS) is 12.4. The highest BCUT2D eigenvalue weighted by Gasteiger charge is 2.11. The predicted octanol–water partition coefficient (Wildman–Crippen LogP) is 5.89. The quantitative estimate of drug-likeness (QED) is 0.406. The minimum atomic E-state index is 0.722. The lowest BCUT2D eigenvalue weighted by Crippen LogP contribution is -2.10. The van der Waals surface area contributed by atoms with Gasteiger partial charge in [0.05, 0.1) is 22.8 Å². The Morgan fingerprint density at radius 2 is 1.39 bits per heavy atom. The zero-order chi connectivity index (χ0) is 20.3. The van der Waals surface area contributed by atoms with E-state index in [9.17, 15) is 0 Å². The van der Waals surface area contributed by atoms with Gasteiger partial charge in [0.15, 0.2) is 5.75 Å². The molecule has 0 aliphatic rings. The molecule has 3 rings (SSSR count). The standard InChI is InChI=1S/C24H27N3O/c1-16-14-17(2)24(18(3)15-16)25-19(4)22-12-13-23(27(22)6)20(5)26-28-21-10-8-7-9-11-21/h7-15H,1-6H3/b25-19?,26-20+. The second-order valence-corrected chi connectivity index (χ2v) is 7.19. The van der Waals surface area contributed by atoms with Gasteiger partial charge < -0.3 is 9.40 Å². The van der Waals surface area contributed by atoms with Gasteiger partial charge in [0.1, 0.15) is 5.71 Å². The van der Waals surface area contributed by atoms with Crippen molar-refractivity contribution >= 4 is 17.1 Å². The third kappa shape index (κ3) is 4.22. The zero-order valence-corrected chi connectivity index (χ0v) is 17.4. The van der Waals surface area contributed by atoms with E-state index in [-0.39, 0.29) is 0 Å². The van der Waals surface area contributed by atoms with Crippen LogP contribution in [0, 0.1) is 20.8 Å². The van der Waals surface area contributed by atoms with Crippen molar-refractivity contribution in [3.8, 4) is 5.75 Å². The predicted molar refractivity (Wildman–Crippen MR) is 117 cm³/mol. The van der Waals surface area contributed by atoms with Crippen molar-refractivity contribution in [2.24, 2.45) is 17.2 Å². The number of benzene rings is 2. The Hall–Kier alpha value is -3.14. The molecule has 0 spiro atoms. The Morgan fingerprint density at radius 1 is 0.821 bits per heavy atom. The Kier molecular flexibility index (Phi) is 5.78. The summed E-state index contributed by atoms with van der Waals surface area (Å²) in [6.07, 6.45) is 0. The van der Waals surface area contributed by atoms with Crippen LogP contribution in [0.5, 0.6) is 5.75 Å². The van der Waals surface area contributed by atoms with Crippen LogP contribution in [0.3, 0.4) is 0 Å². The number of aromatic nitrogens is 1. The van der Waals surface area contributed by atoms with Gasteiger partial charge in [-0.25, -0.2) is 0 Å². The molecule has 28 heavy (non-hydrogen) atoms. The molecule has 144 valence electrons. The third-order valence-electron chi connectivity index (χ3n) is 4.81. The summed E-state index contributed by atoms with van der Waals surface area (Å²) in [5, 5.41) is 4.28. The van der Waals surface area contributed by atoms with Crippen LogP contribution in [0.15, 0.2) is 64.7 Å². The average Bonchev–Trinajstić information content (AvgIpc) is 3.05. The van der Waals surface area contributed by atoms with E-state index in [1.54, 1.807) is 0 Å². The van der Waals surface area contributed by atoms with Crippen LogP contribution >= 0.6 is 0 Å². The fourth-order valence-corrected chi connectivity index (χ4v) is 3.46. The van der Waals surface area contributed by atoms with E-state index in [1.165, 1.54) is 16.7 Å². The Labute approximate surface area is 167 Å². The molecular weight excluding hydrogens is 346 g/mol. The second kappa shape index (κ2) is 8.26. The SMILES string of the molecule is CC(=Nc1c(C)cc(C)cc1C)c1ccc(/C(C)=N/Oc2ccccc2)n1C. The van der Waals surface area contributed by atoms with Crippen LogP contribution in [0.1, 0.15) is 41.9 Å². The zero-order valence-electron chi connectivity index (χ0n) is 17.4. The Balaban J connectivity index is 1.88. The topological polar surface area (TPSA) is 38.9 Å². The number of aliphatic imine (C=N–C) groups is 1. The van der Waals surface area contributed by atoms with E-state index < -0.39 is 0 Å². The van der Waals surface area contributed by atoms with E-state index in [1.807, 2.05) is 51.2 Å². The molecule has 0 bridgehead atoms. The van der Waals surface area contributed by atoms with Gasteiger partial charge in [-0.1, -0.05) is 41.1 Å². The fourth-order valence-electron chi connectivity index (χ4n) is 3.46. The summed E-state index contributed by atoms with van der Waals surface area (Å²) in [4.78, 5) is 10.5. The van der Waals surface area contributed by atoms with Gasteiger partial charge in [-0.3, -0.25) is 4.99 Å². The van der Waals surface area contributed by atoms with Crippen LogP contribution in [-0.2, 0) is 7.05 Å². The molecule has 1 aromatic heterocycles. The van der Waals surface area contributed by atoms with E-state index in [0.717, 1.165) is 34.2 Å². The number of oxime groups is 1. The molecule has 0 aliphatic heterocycles. The van der Waals surface area contributed by atoms with Gasteiger partial charge in [0.2, 0.25) is 0 Å². The molecule has 4 heteroatoms. The van der Waals surface area contributed by atoms with Crippen LogP contribution in [0.25, 0.3) is 0 Å². The molecule has 0 saturated heterocycles. The summed E-state index contributed by atoms with van der Waals surface area (Å²) in [7, 11) is 2.03. The lowest BCUT2D eigenvalue weighted by atomic mass is 10.1. The van der Waals surface area contributed by atoms with E-state index >= 15 is 0 Å². The minimum Gasteiger partial charge on any atom is -0.357 e. The monoisotopic (exact) mass is 373 g/mol. The van der Waals surface area contributed by atoms with Gasteiger partial charge in [0, 0.05) is 7.05 Å². The largest absolute Gasteiger partial charge is 0.357 e. The summed E-state index contributed by atoms with van der Waals surface area (Å²) in [5.41, 5.74) is 8.54. The van der Waals surface area contributed by atoms with Crippen molar-refractivity contribution in [1.29, 1.82) is 0 Å². The highest BCUT2D eigenvalue weighted by atomic mass is 16.6. The van der Waals surface area contributed by atoms with Gasteiger partial charge in [-0.15, -0.1) is 0 Å². The summed E-state index contributed by atoms with van der Waals surface area (Å²) < 4.78 is 2.10. The van der Waals surface area contributed by atoms with Crippen molar-refractivity contribution in [3.63, 3.8) is 0 Å². The molecule has 4 nitrogen and oxygen atoms in total. The van der Waals surface area contributed by atoms with Gasteiger partial charge in [-0.2, -0.15) is 0 Å². The first kappa shape index (κ1) is 19.6. The van der Waals surface area contributed by atoms with Gasteiger partial charge >= 0.3 is 0 Å². The van der Waals surface area contributed by atoms with E-state index in [0.29, 0.717) is 0 Å². The number of aryl methyl sites for hydroxylation is 3. The average molecular weight is 374 g/mol. The molecule has 0 N–H and O–H groups in total. The summed E-state index contributed by atoms with van der Waals surface area (Å²) >= 11 is 0. The minimum absolute atomic E-state index is 0.722. The molecule has 0 saturated carbocycles. The van der Waals surface area contributed by atoms with Gasteiger partial charge in [-0.05, 0) is 70.0 Å². The third-order valence-corrected chi connectivity index (χ3v) is 4.81. The highest BCUT2D eigenvalue weighted by Crippen LogP contribution is 2.26. The number of hydrogen-bond acceptors (Lipinski definition) is 3. The molecule has 0 fully saturated rings. The summed E-state index contributed by atoms with van der Waals surface area (Å²) in [6, 6.07) is 18.1. The molecular formula is C24H27N3O. The van der Waals surface area contributed by atoms with E-state index in [4.69, 9.17) is 9.83 Å². The van der Waals surface area contributed by atoms with Crippen molar-refractivity contribution < 1.29 is 4.84 Å². The first-order valence-corrected chi connectivity index (χ1v) is 9.43.